The molecule has 3 heteroatoms. The van der Waals surface area contributed by atoms with E-state index in [1.165, 1.54) is 0 Å². The number of benzene rings is 1. The minimum atomic E-state index is 0.0590. The van der Waals surface area contributed by atoms with Crippen molar-refractivity contribution in [3.63, 3.8) is 0 Å². The molecule has 1 unspecified atom stereocenters. The van der Waals surface area contributed by atoms with Gasteiger partial charge in [-0.25, -0.2) is 0 Å². The van der Waals surface area contributed by atoms with Gasteiger partial charge in [0.05, 0.1) is 0 Å². The summed E-state index contributed by atoms with van der Waals surface area (Å²) in [5.41, 5.74) is 6.96. The summed E-state index contributed by atoms with van der Waals surface area (Å²) in [6.45, 7) is 3.93. The third kappa shape index (κ3) is 2.58. The highest BCUT2D eigenvalue weighted by atomic mass is 79.9. The van der Waals surface area contributed by atoms with Gasteiger partial charge in [0, 0.05) is 21.6 Å². The molecule has 14 heavy (non-hydrogen) atoms. The van der Waals surface area contributed by atoms with E-state index in [2.05, 4.69) is 15.9 Å². The van der Waals surface area contributed by atoms with Gasteiger partial charge >= 0.3 is 0 Å². The maximum Gasteiger partial charge on any atom is 0.165 e. The molecule has 0 saturated heterocycles. The molecule has 0 fully saturated rings. The molecular weight excluding hydrogens is 242 g/mol. The third-order valence-corrected chi connectivity index (χ3v) is 2.72. The van der Waals surface area contributed by atoms with Gasteiger partial charge in [-0.2, -0.15) is 0 Å². The standard InChI is InChI=1S/C11H14BrNO/c1-3-7(2)11(14)8-4-9(12)6-10(13)5-8/h4-7H,3,13H2,1-2H3. The summed E-state index contributed by atoms with van der Waals surface area (Å²) in [6.07, 6.45) is 0.852. The van der Waals surface area contributed by atoms with Crippen molar-refractivity contribution in [3.8, 4) is 0 Å². The van der Waals surface area contributed by atoms with Crippen LogP contribution in [0.2, 0.25) is 0 Å². The minimum Gasteiger partial charge on any atom is -0.399 e. The molecule has 2 N–H and O–H groups in total. The summed E-state index contributed by atoms with van der Waals surface area (Å²) in [5, 5.41) is 0. The fraction of sp³-hybridized carbons (Fsp3) is 0.364. The van der Waals surface area contributed by atoms with Crippen LogP contribution in [0.3, 0.4) is 0 Å². The van der Waals surface area contributed by atoms with E-state index in [1.54, 1.807) is 12.1 Å². The number of carbonyl (C=O) groups is 1. The maximum absolute atomic E-state index is 11.8. The maximum atomic E-state index is 11.8. The number of ketones is 1. The second-order valence-corrected chi connectivity index (χ2v) is 4.36. The molecule has 0 radical (unpaired) electrons. The molecular formula is C11H14BrNO. The summed E-state index contributed by atoms with van der Waals surface area (Å²) in [4.78, 5) is 11.8. The van der Waals surface area contributed by atoms with Crippen LogP contribution in [0.5, 0.6) is 0 Å². The van der Waals surface area contributed by atoms with Crippen LogP contribution in [0, 0.1) is 5.92 Å². The van der Waals surface area contributed by atoms with Crippen LogP contribution in [-0.4, -0.2) is 5.78 Å². The summed E-state index contributed by atoms with van der Waals surface area (Å²) in [6, 6.07) is 5.32. The average molecular weight is 256 g/mol. The lowest BCUT2D eigenvalue weighted by molar-refractivity contribution is 0.0927. The molecule has 0 aliphatic heterocycles. The predicted octanol–water partition coefficient (Wildman–Crippen LogP) is 3.26. The Bertz CT molecular complexity index is 329. The van der Waals surface area contributed by atoms with Crippen LogP contribution >= 0.6 is 15.9 Å². The van der Waals surface area contributed by atoms with E-state index in [4.69, 9.17) is 5.73 Å². The first-order valence-corrected chi connectivity index (χ1v) is 5.44. The molecule has 0 aliphatic rings. The van der Waals surface area contributed by atoms with Gasteiger partial charge in [-0.15, -0.1) is 0 Å². The van der Waals surface area contributed by atoms with Crippen molar-refractivity contribution in [1.29, 1.82) is 0 Å². The highest BCUT2D eigenvalue weighted by Crippen LogP contribution is 2.20. The largest absolute Gasteiger partial charge is 0.399 e. The molecule has 76 valence electrons. The average Bonchev–Trinajstić information content (AvgIpc) is 2.14. The quantitative estimate of drug-likeness (QED) is 0.666. The van der Waals surface area contributed by atoms with E-state index in [1.807, 2.05) is 19.9 Å². The smallest absolute Gasteiger partial charge is 0.165 e. The molecule has 0 saturated carbocycles. The van der Waals surface area contributed by atoms with E-state index in [-0.39, 0.29) is 11.7 Å². The predicted molar refractivity (Wildman–Crippen MR) is 62.3 cm³/mol. The number of nitrogens with two attached hydrogens (primary N) is 1. The highest BCUT2D eigenvalue weighted by Gasteiger charge is 2.13. The van der Waals surface area contributed by atoms with Gasteiger partial charge < -0.3 is 5.73 Å². The van der Waals surface area contributed by atoms with Crippen molar-refractivity contribution in [2.24, 2.45) is 5.92 Å². The molecule has 0 spiro atoms. The number of anilines is 1. The lowest BCUT2D eigenvalue weighted by Gasteiger charge is -2.08. The summed E-state index contributed by atoms with van der Waals surface area (Å²) in [7, 11) is 0. The second kappa shape index (κ2) is 4.60. The second-order valence-electron chi connectivity index (χ2n) is 3.45. The van der Waals surface area contributed by atoms with E-state index < -0.39 is 0 Å². The molecule has 1 aromatic carbocycles. The van der Waals surface area contributed by atoms with Crippen LogP contribution in [0.15, 0.2) is 22.7 Å². The molecule has 0 aromatic heterocycles. The van der Waals surface area contributed by atoms with Crippen LogP contribution < -0.4 is 5.73 Å². The van der Waals surface area contributed by atoms with Crippen molar-refractivity contribution >= 4 is 27.4 Å². The Labute approximate surface area is 92.6 Å². The number of halogens is 1. The summed E-state index contributed by atoms with van der Waals surface area (Å²) >= 11 is 3.32. The first-order chi connectivity index (χ1) is 6.54. The molecule has 2 nitrogen and oxygen atoms in total. The fourth-order valence-electron chi connectivity index (χ4n) is 1.22. The molecule has 1 aromatic rings. The van der Waals surface area contributed by atoms with Gasteiger partial charge in [-0.05, 0) is 24.6 Å². The Morgan fingerprint density at radius 3 is 2.64 bits per heavy atom. The Hall–Kier alpha value is -0.830. The number of hydrogen-bond donors (Lipinski definition) is 1. The highest BCUT2D eigenvalue weighted by molar-refractivity contribution is 9.10. The summed E-state index contributed by atoms with van der Waals surface area (Å²) in [5.74, 6) is 0.212. The lowest BCUT2D eigenvalue weighted by Crippen LogP contribution is -2.10. The Morgan fingerprint density at radius 2 is 2.14 bits per heavy atom. The zero-order valence-electron chi connectivity index (χ0n) is 8.38. The van der Waals surface area contributed by atoms with Gasteiger partial charge in [-0.3, -0.25) is 4.79 Å². The van der Waals surface area contributed by atoms with Crippen LogP contribution in [0.4, 0.5) is 5.69 Å². The first kappa shape index (κ1) is 11.2. The zero-order valence-corrected chi connectivity index (χ0v) is 9.97. The van der Waals surface area contributed by atoms with Gasteiger partial charge in [-0.1, -0.05) is 29.8 Å². The number of nitrogen functional groups attached to an aromatic ring is 1. The molecule has 0 heterocycles. The molecule has 1 atom stereocenters. The number of hydrogen-bond acceptors (Lipinski definition) is 2. The van der Waals surface area contributed by atoms with Crippen LogP contribution in [0.1, 0.15) is 30.6 Å². The summed E-state index contributed by atoms with van der Waals surface area (Å²) < 4.78 is 0.851. The number of carbonyl (C=O) groups excluding carboxylic acids is 1. The normalized spacial score (nSPS) is 12.5. The van der Waals surface area contributed by atoms with Gasteiger partial charge in [0.1, 0.15) is 0 Å². The van der Waals surface area contributed by atoms with Crippen molar-refractivity contribution < 1.29 is 4.79 Å². The van der Waals surface area contributed by atoms with Crippen molar-refractivity contribution in [2.75, 3.05) is 5.73 Å². The number of rotatable bonds is 3. The molecule has 1 rings (SSSR count). The van der Waals surface area contributed by atoms with Crippen LogP contribution in [0.25, 0.3) is 0 Å². The molecule has 0 aliphatic carbocycles. The van der Waals surface area contributed by atoms with Gasteiger partial charge in [0.25, 0.3) is 0 Å². The van der Waals surface area contributed by atoms with Crippen molar-refractivity contribution in [2.45, 2.75) is 20.3 Å². The van der Waals surface area contributed by atoms with E-state index in [9.17, 15) is 4.79 Å². The van der Waals surface area contributed by atoms with E-state index in [0.717, 1.165) is 10.9 Å². The Morgan fingerprint density at radius 1 is 1.50 bits per heavy atom. The lowest BCUT2D eigenvalue weighted by atomic mass is 9.97. The number of Topliss-reactive ketones (excluding diaryl/α,β-unsaturated/α-hetero) is 1. The third-order valence-electron chi connectivity index (χ3n) is 2.26. The Balaban J connectivity index is 3.01. The van der Waals surface area contributed by atoms with Gasteiger partial charge in [0.2, 0.25) is 0 Å². The van der Waals surface area contributed by atoms with Crippen molar-refractivity contribution in [1.82, 2.24) is 0 Å². The van der Waals surface area contributed by atoms with E-state index in [0.29, 0.717) is 11.3 Å². The SMILES string of the molecule is CCC(C)C(=O)c1cc(N)cc(Br)c1. The monoisotopic (exact) mass is 255 g/mol. The Kier molecular flexibility index (Phi) is 3.69. The van der Waals surface area contributed by atoms with Crippen molar-refractivity contribution in [3.05, 3.63) is 28.2 Å². The zero-order chi connectivity index (χ0) is 10.7. The molecule has 0 amide bonds. The minimum absolute atomic E-state index is 0.0590. The van der Waals surface area contributed by atoms with Gasteiger partial charge in [0.15, 0.2) is 5.78 Å². The fourth-order valence-corrected chi connectivity index (χ4v) is 1.74. The topological polar surface area (TPSA) is 43.1 Å². The van der Waals surface area contributed by atoms with Crippen LogP contribution in [-0.2, 0) is 0 Å². The molecule has 0 bridgehead atoms. The van der Waals surface area contributed by atoms with E-state index >= 15 is 0 Å². The first-order valence-electron chi connectivity index (χ1n) is 4.65.